The molecule has 5 nitrogen and oxygen atoms in total. The summed E-state index contributed by atoms with van der Waals surface area (Å²) in [7, 11) is 1.62. The van der Waals surface area contributed by atoms with Crippen LogP contribution >= 0.6 is 0 Å². The predicted octanol–water partition coefficient (Wildman–Crippen LogP) is 4.43. The van der Waals surface area contributed by atoms with Gasteiger partial charge in [-0.3, -0.25) is 9.59 Å². The number of hydrogen-bond acceptors (Lipinski definition) is 3. The molecule has 2 amide bonds. The quantitative estimate of drug-likeness (QED) is 0.614. The molecule has 0 radical (unpaired) electrons. The number of carbonyl (C=O) groups excluding carboxylic acids is 2. The molecule has 0 saturated carbocycles. The largest absolute Gasteiger partial charge is 0.497 e. The molecule has 0 saturated heterocycles. The average Bonchev–Trinajstić information content (AvgIpc) is 2.71. The lowest BCUT2D eigenvalue weighted by Gasteiger charge is -2.31. The molecule has 0 aliphatic heterocycles. The van der Waals surface area contributed by atoms with Crippen molar-refractivity contribution < 1.29 is 14.3 Å². The molecule has 0 aliphatic carbocycles. The Labute approximate surface area is 186 Å². The normalized spacial score (nSPS) is 11.8. The van der Waals surface area contributed by atoms with Gasteiger partial charge in [0.05, 0.1) is 13.5 Å². The molecular weight excluding hydrogens is 388 g/mol. The Kier molecular flexibility index (Phi) is 9.10. The highest BCUT2D eigenvalue weighted by molar-refractivity contribution is 5.88. The van der Waals surface area contributed by atoms with Gasteiger partial charge < -0.3 is 15.0 Å². The third kappa shape index (κ3) is 7.42. The van der Waals surface area contributed by atoms with E-state index in [2.05, 4.69) is 25.2 Å². The highest BCUT2D eigenvalue weighted by Crippen LogP contribution is 2.19. The first-order valence-corrected chi connectivity index (χ1v) is 11.0. The van der Waals surface area contributed by atoms with Crippen molar-refractivity contribution in [2.75, 3.05) is 13.7 Å². The predicted molar refractivity (Wildman–Crippen MR) is 125 cm³/mol. The summed E-state index contributed by atoms with van der Waals surface area (Å²) in [5.74, 6) is 0.919. The van der Waals surface area contributed by atoms with Crippen LogP contribution in [-0.2, 0) is 22.6 Å². The average molecular weight is 425 g/mol. The Morgan fingerprint density at radius 3 is 2.29 bits per heavy atom. The van der Waals surface area contributed by atoms with Gasteiger partial charge >= 0.3 is 0 Å². The van der Waals surface area contributed by atoms with Gasteiger partial charge in [0.15, 0.2) is 0 Å². The van der Waals surface area contributed by atoms with Crippen LogP contribution in [0.5, 0.6) is 5.75 Å². The minimum atomic E-state index is -0.525. The number of aryl methyl sites for hydroxylation is 2. The van der Waals surface area contributed by atoms with Crippen molar-refractivity contribution in [3.05, 3.63) is 64.7 Å². The zero-order chi connectivity index (χ0) is 23.0. The van der Waals surface area contributed by atoms with Crippen LogP contribution in [0, 0.1) is 19.8 Å². The number of rotatable bonds is 10. The highest BCUT2D eigenvalue weighted by atomic mass is 16.5. The van der Waals surface area contributed by atoms with Crippen LogP contribution < -0.4 is 10.1 Å². The molecule has 1 atom stereocenters. The maximum atomic E-state index is 13.5. The van der Waals surface area contributed by atoms with Crippen molar-refractivity contribution in [2.45, 2.75) is 60.0 Å². The van der Waals surface area contributed by atoms with Crippen LogP contribution in [0.2, 0.25) is 0 Å². The highest BCUT2D eigenvalue weighted by Gasteiger charge is 2.28. The van der Waals surface area contributed by atoms with Crippen LogP contribution in [0.15, 0.2) is 42.5 Å². The lowest BCUT2D eigenvalue weighted by Crippen LogP contribution is -2.50. The lowest BCUT2D eigenvalue weighted by molar-refractivity contribution is -0.141. The summed E-state index contributed by atoms with van der Waals surface area (Å²) >= 11 is 0. The fraction of sp³-hybridized carbons (Fsp3) is 0.462. The van der Waals surface area contributed by atoms with Gasteiger partial charge in [0, 0.05) is 13.1 Å². The van der Waals surface area contributed by atoms with E-state index in [1.807, 2.05) is 57.2 Å². The lowest BCUT2D eigenvalue weighted by atomic mass is 10.0. The number of carbonyl (C=O) groups is 2. The zero-order valence-corrected chi connectivity index (χ0v) is 19.7. The summed E-state index contributed by atoms with van der Waals surface area (Å²) in [6.07, 6.45) is 0.812. The number of nitrogens with zero attached hydrogens (tertiary/aromatic N) is 1. The fourth-order valence-corrected chi connectivity index (χ4v) is 3.76. The molecule has 0 aromatic heterocycles. The smallest absolute Gasteiger partial charge is 0.242 e. The Hall–Kier alpha value is -2.82. The zero-order valence-electron chi connectivity index (χ0n) is 19.7. The maximum absolute atomic E-state index is 13.5. The van der Waals surface area contributed by atoms with Gasteiger partial charge in [0.1, 0.15) is 11.8 Å². The Morgan fingerprint density at radius 2 is 1.71 bits per heavy atom. The molecule has 0 unspecified atom stereocenters. The molecular formula is C26H36N2O3. The van der Waals surface area contributed by atoms with E-state index in [9.17, 15) is 9.59 Å². The van der Waals surface area contributed by atoms with Crippen molar-refractivity contribution in [3.8, 4) is 5.75 Å². The van der Waals surface area contributed by atoms with Crippen LogP contribution in [0.25, 0.3) is 0 Å². The van der Waals surface area contributed by atoms with Crippen molar-refractivity contribution in [1.29, 1.82) is 0 Å². The second-order valence-electron chi connectivity index (χ2n) is 8.61. The van der Waals surface area contributed by atoms with Gasteiger partial charge in [0.25, 0.3) is 0 Å². The number of amides is 2. The van der Waals surface area contributed by atoms with Gasteiger partial charge in [-0.05, 0) is 49.4 Å². The maximum Gasteiger partial charge on any atom is 0.242 e. The SMILES string of the molecule is CC[C@@H](C(=O)NCC(C)C)N(Cc1cccc(OC)c1)C(=O)Cc1cc(C)cc(C)c1. The minimum absolute atomic E-state index is 0.0561. The Bertz CT molecular complexity index is 872. The van der Waals surface area contributed by atoms with Crippen LogP contribution in [-0.4, -0.2) is 36.4 Å². The molecule has 1 N–H and O–H groups in total. The second kappa shape index (κ2) is 11.5. The molecule has 2 rings (SSSR count). The molecule has 0 spiro atoms. The van der Waals surface area contributed by atoms with E-state index in [1.54, 1.807) is 12.0 Å². The molecule has 2 aromatic rings. The number of ether oxygens (including phenoxy) is 1. The van der Waals surface area contributed by atoms with Gasteiger partial charge in [-0.25, -0.2) is 0 Å². The van der Waals surface area contributed by atoms with Crippen molar-refractivity contribution in [2.24, 2.45) is 5.92 Å². The fourth-order valence-electron chi connectivity index (χ4n) is 3.76. The van der Waals surface area contributed by atoms with Crippen LogP contribution in [0.3, 0.4) is 0 Å². The number of hydrogen-bond donors (Lipinski definition) is 1. The molecule has 168 valence electrons. The molecule has 0 heterocycles. The molecule has 0 aliphatic rings. The van der Waals surface area contributed by atoms with Crippen molar-refractivity contribution in [3.63, 3.8) is 0 Å². The van der Waals surface area contributed by atoms with E-state index in [4.69, 9.17) is 4.74 Å². The number of methoxy groups -OCH3 is 1. The van der Waals surface area contributed by atoms with Crippen molar-refractivity contribution >= 4 is 11.8 Å². The van der Waals surface area contributed by atoms with Crippen LogP contribution in [0.4, 0.5) is 0 Å². The van der Waals surface area contributed by atoms with Crippen molar-refractivity contribution in [1.82, 2.24) is 10.2 Å². The minimum Gasteiger partial charge on any atom is -0.497 e. The Morgan fingerprint density at radius 1 is 1.03 bits per heavy atom. The van der Waals surface area contributed by atoms with Gasteiger partial charge in [-0.2, -0.15) is 0 Å². The first-order valence-electron chi connectivity index (χ1n) is 11.0. The number of nitrogens with one attached hydrogen (secondary N) is 1. The standard InChI is InChI=1S/C26H36N2O3/c1-7-24(26(30)27-16-18(2)3)28(17-21-9-8-10-23(14-21)31-6)25(29)15-22-12-19(4)11-20(5)13-22/h8-14,18,24H,7,15-17H2,1-6H3,(H,27,30)/t24-/m0/s1. The second-order valence-corrected chi connectivity index (χ2v) is 8.61. The summed E-state index contributed by atoms with van der Waals surface area (Å²) in [6, 6.07) is 13.3. The van der Waals surface area contributed by atoms with E-state index < -0.39 is 6.04 Å². The molecule has 31 heavy (non-hydrogen) atoms. The third-order valence-electron chi connectivity index (χ3n) is 5.19. The summed E-state index contributed by atoms with van der Waals surface area (Å²) < 4.78 is 5.34. The summed E-state index contributed by atoms with van der Waals surface area (Å²) in [6.45, 7) is 11.1. The van der Waals surface area contributed by atoms with Gasteiger partial charge in [-0.15, -0.1) is 0 Å². The molecule has 2 aromatic carbocycles. The third-order valence-corrected chi connectivity index (χ3v) is 5.19. The summed E-state index contributed by atoms with van der Waals surface area (Å²) in [5, 5.41) is 3.00. The molecule has 0 bridgehead atoms. The molecule has 0 fully saturated rings. The Balaban J connectivity index is 2.32. The first-order chi connectivity index (χ1) is 14.7. The van der Waals surface area contributed by atoms with E-state index in [-0.39, 0.29) is 18.2 Å². The van der Waals surface area contributed by atoms with Gasteiger partial charge in [-0.1, -0.05) is 62.2 Å². The topological polar surface area (TPSA) is 58.6 Å². The monoisotopic (exact) mass is 424 g/mol. The number of benzene rings is 2. The van der Waals surface area contributed by atoms with Gasteiger partial charge in [0.2, 0.25) is 11.8 Å². The first kappa shape index (κ1) is 24.4. The van der Waals surface area contributed by atoms with Crippen LogP contribution in [0.1, 0.15) is 49.4 Å². The van der Waals surface area contributed by atoms with E-state index in [0.717, 1.165) is 28.0 Å². The van der Waals surface area contributed by atoms with E-state index in [0.29, 0.717) is 25.4 Å². The molecule has 5 heteroatoms. The van der Waals surface area contributed by atoms with E-state index in [1.165, 1.54) is 0 Å². The summed E-state index contributed by atoms with van der Waals surface area (Å²) in [5.41, 5.74) is 4.16. The summed E-state index contributed by atoms with van der Waals surface area (Å²) in [4.78, 5) is 28.1. The van der Waals surface area contributed by atoms with E-state index >= 15 is 0 Å².